The van der Waals surface area contributed by atoms with Crippen LogP contribution in [0.5, 0.6) is 0 Å². The van der Waals surface area contributed by atoms with E-state index >= 15 is 0 Å². The van der Waals surface area contributed by atoms with Crippen LogP contribution in [0, 0.1) is 11.3 Å². The van der Waals surface area contributed by atoms with Gasteiger partial charge in [0.1, 0.15) is 0 Å². The molecule has 34 heavy (non-hydrogen) atoms. The van der Waals surface area contributed by atoms with Gasteiger partial charge in [-0.25, -0.2) is 0 Å². The van der Waals surface area contributed by atoms with Crippen LogP contribution in [0.4, 0.5) is 11.4 Å². The summed E-state index contributed by atoms with van der Waals surface area (Å²) in [4.78, 5) is 0. The van der Waals surface area contributed by atoms with Gasteiger partial charge in [-0.15, -0.1) is 0 Å². The summed E-state index contributed by atoms with van der Waals surface area (Å²) in [6, 6.07) is 47.0. The van der Waals surface area contributed by atoms with E-state index in [9.17, 15) is 5.26 Å². The van der Waals surface area contributed by atoms with Gasteiger partial charge in [0.25, 0.3) is 0 Å². The Balaban J connectivity index is 1.66. The van der Waals surface area contributed by atoms with Gasteiger partial charge in [-0.2, -0.15) is 5.26 Å². The van der Waals surface area contributed by atoms with Crippen molar-refractivity contribution in [3.8, 4) is 6.07 Å². The maximum absolute atomic E-state index is 9.59. The third-order valence-corrected chi connectivity index (χ3v) is 6.56. The summed E-state index contributed by atoms with van der Waals surface area (Å²) in [5.74, 6) is 0. The molecule has 0 saturated heterocycles. The first-order chi connectivity index (χ1) is 16.8. The molecule has 5 aromatic carbocycles. The molecule has 1 atom stereocenters. The van der Waals surface area contributed by atoms with E-state index in [0.717, 1.165) is 11.4 Å². The van der Waals surface area contributed by atoms with E-state index in [4.69, 9.17) is 0 Å². The van der Waals surface area contributed by atoms with E-state index in [1.807, 2.05) is 24.3 Å². The molecule has 0 radical (unpaired) electrons. The van der Waals surface area contributed by atoms with Crippen molar-refractivity contribution in [3.63, 3.8) is 0 Å². The standard InChI is InChI=1S/C32H26N2/c33-23-9-22-32(27-12-3-1-4-13-27,29-17-16-25-10-7-8-11-26(25)24-29)28-18-20-31(21-19-28)34-30-14-5-2-6-15-30/h1-8,10-21,24,34H,9,22H2. The van der Waals surface area contributed by atoms with E-state index in [-0.39, 0.29) is 0 Å². The van der Waals surface area contributed by atoms with Gasteiger partial charge < -0.3 is 5.32 Å². The highest BCUT2D eigenvalue weighted by Crippen LogP contribution is 2.44. The third-order valence-electron chi connectivity index (χ3n) is 6.56. The van der Waals surface area contributed by atoms with Crippen molar-refractivity contribution in [1.29, 1.82) is 5.26 Å². The van der Waals surface area contributed by atoms with Crippen LogP contribution in [0.3, 0.4) is 0 Å². The number of hydrogen-bond acceptors (Lipinski definition) is 2. The number of para-hydroxylation sites is 1. The van der Waals surface area contributed by atoms with Gasteiger partial charge in [-0.05, 0) is 64.2 Å². The molecule has 0 aliphatic rings. The second kappa shape index (κ2) is 9.65. The zero-order valence-corrected chi connectivity index (χ0v) is 19.0. The van der Waals surface area contributed by atoms with Gasteiger partial charge in [0, 0.05) is 23.2 Å². The summed E-state index contributed by atoms with van der Waals surface area (Å²) in [5, 5.41) is 15.5. The molecule has 0 fully saturated rings. The van der Waals surface area contributed by atoms with Gasteiger partial charge in [-0.1, -0.05) is 97.1 Å². The highest BCUT2D eigenvalue weighted by molar-refractivity contribution is 5.83. The number of hydrogen-bond donors (Lipinski definition) is 1. The maximum Gasteiger partial charge on any atom is 0.0622 e. The van der Waals surface area contributed by atoms with Gasteiger partial charge >= 0.3 is 0 Å². The van der Waals surface area contributed by atoms with E-state index in [0.29, 0.717) is 12.8 Å². The van der Waals surface area contributed by atoms with Crippen molar-refractivity contribution in [2.75, 3.05) is 5.32 Å². The maximum atomic E-state index is 9.59. The Bertz CT molecular complexity index is 1420. The number of nitriles is 1. The SMILES string of the molecule is N#CCCC(c1ccccc1)(c1ccc(Nc2ccccc2)cc1)c1ccc2ccccc2c1. The zero-order valence-electron chi connectivity index (χ0n) is 19.0. The molecule has 1 unspecified atom stereocenters. The molecule has 0 aliphatic carbocycles. The Morgan fingerprint density at radius 3 is 1.82 bits per heavy atom. The highest BCUT2D eigenvalue weighted by Gasteiger charge is 2.36. The Morgan fingerprint density at radius 1 is 0.559 bits per heavy atom. The van der Waals surface area contributed by atoms with Crippen molar-refractivity contribution in [3.05, 3.63) is 144 Å². The Kier molecular flexibility index (Phi) is 6.10. The van der Waals surface area contributed by atoms with Gasteiger partial charge in [-0.3, -0.25) is 0 Å². The molecular weight excluding hydrogens is 412 g/mol. The lowest BCUT2D eigenvalue weighted by molar-refractivity contribution is 0.570. The molecule has 164 valence electrons. The molecule has 0 aromatic heterocycles. The zero-order chi connectivity index (χ0) is 23.2. The average Bonchev–Trinajstić information content (AvgIpc) is 2.91. The van der Waals surface area contributed by atoms with Crippen molar-refractivity contribution in [1.82, 2.24) is 0 Å². The van der Waals surface area contributed by atoms with Crippen LogP contribution < -0.4 is 5.32 Å². The number of nitrogens with zero attached hydrogens (tertiary/aromatic N) is 1. The summed E-state index contributed by atoms with van der Waals surface area (Å²) in [6.45, 7) is 0. The number of nitrogens with one attached hydrogen (secondary N) is 1. The fourth-order valence-corrected chi connectivity index (χ4v) is 4.88. The van der Waals surface area contributed by atoms with E-state index in [1.165, 1.54) is 27.5 Å². The lowest BCUT2D eigenvalue weighted by atomic mass is 9.66. The molecule has 5 aromatic rings. The Morgan fingerprint density at radius 2 is 1.12 bits per heavy atom. The minimum Gasteiger partial charge on any atom is -0.356 e. The number of benzene rings is 5. The topological polar surface area (TPSA) is 35.8 Å². The minimum atomic E-state index is -0.424. The van der Waals surface area contributed by atoms with E-state index in [2.05, 4.69) is 115 Å². The predicted molar refractivity (Wildman–Crippen MR) is 141 cm³/mol. The van der Waals surface area contributed by atoms with Crippen LogP contribution in [0.2, 0.25) is 0 Å². The lowest BCUT2D eigenvalue weighted by Gasteiger charge is -2.36. The van der Waals surface area contributed by atoms with Crippen LogP contribution in [0.15, 0.2) is 127 Å². The van der Waals surface area contributed by atoms with Crippen molar-refractivity contribution in [2.45, 2.75) is 18.3 Å². The molecule has 0 heterocycles. The Labute approximate surface area is 201 Å². The fraction of sp³-hybridized carbons (Fsp3) is 0.0938. The first kappa shape index (κ1) is 21.5. The van der Waals surface area contributed by atoms with Crippen molar-refractivity contribution < 1.29 is 0 Å². The second-order valence-corrected chi connectivity index (χ2v) is 8.56. The van der Waals surface area contributed by atoms with Gasteiger partial charge in [0.05, 0.1) is 6.07 Å². The molecule has 2 heteroatoms. The largest absolute Gasteiger partial charge is 0.356 e. The minimum absolute atomic E-state index is 0.424. The average molecular weight is 439 g/mol. The molecule has 0 aliphatic heterocycles. The molecule has 0 bridgehead atoms. The van der Waals surface area contributed by atoms with Gasteiger partial charge in [0.2, 0.25) is 0 Å². The molecular formula is C32H26N2. The first-order valence-electron chi connectivity index (χ1n) is 11.6. The summed E-state index contributed by atoms with van der Waals surface area (Å²) in [7, 11) is 0. The number of rotatable bonds is 7. The number of anilines is 2. The smallest absolute Gasteiger partial charge is 0.0622 e. The van der Waals surface area contributed by atoms with E-state index < -0.39 is 5.41 Å². The quantitative estimate of drug-likeness (QED) is 0.260. The summed E-state index contributed by atoms with van der Waals surface area (Å²) in [5.41, 5.74) is 5.26. The molecule has 5 rings (SSSR count). The lowest BCUT2D eigenvalue weighted by Crippen LogP contribution is -2.29. The van der Waals surface area contributed by atoms with Gasteiger partial charge in [0.15, 0.2) is 0 Å². The molecule has 0 saturated carbocycles. The van der Waals surface area contributed by atoms with Crippen LogP contribution in [0.1, 0.15) is 29.5 Å². The van der Waals surface area contributed by atoms with Crippen LogP contribution in [0.25, 0.3) is 10.8 Å². The summed E-state index contributed by atoms with van der Waals surface area (Å²) < 4.78 is 0. The second-order valence-electron chi connectivity index (χ2n) is 8.56. The van der Waals surface area contributed by atoms with Crippen molar-refractivity contribution in [2.24, 2.45) is 0 Å². The van der Waals surface area contributed by atoms with Crippen molar-refractivity contribution >= 4 is 22.1 Å². The fourth-order valence-electron chi connectivity index (χ4n) is 4.88. The van der Waals surface area contributed by atoms with Crippen LogP contribution in [-0.2, 0) is 5.41 Å². The monoisotopic (exact) mass is 438 g/mol. The predicted octanol–water partition coefficient (Wildman–Crippen LogP) is 8.22. The first-order valence-corrected chi connectivity index (χ1v) is 11.6. The van der Waals surface area contributed by atoms with Crippen LogP contribution >= 0.6 is 0 Å². The number of fused-ring (bicyclic) bond motifs is 1. The highest BCUT2D eigenvalue weighted by atomic mass is 14.9. The molecule has 0 spiro atoms. The molecule has 0 amide bonds. The van der Waals surface area contributed by atoms with Crippen LogP contribution in [-0.4, -0.2) is 0 Å². The normalized spacial score (nSPS) is 12.6. The Hall–Kier alpha value is -4.35. The summed E-state index contributed by atoms with van der Waals surface area (Å²) in [6.07, 6.45) is 1.17. The molecule has 1 N–H and O–H groups in total. The molecule has 2 nitrogen and oxygen atoms in total. The summed E-state index contributed by atoms with van der Waals surface area (Å²) >= 11 is 0. The third kappa shape index (κ3) is 4.17. The van der Waals surface area contributed by atoms with E-state index in [1.54, 1.807) is 0 Å².